The van der Waals surface area contributed by atoms with Gasteiger partial charge < -0.3 is 14.7 Å². The van der Waals surface area contributed by atoms with Gasteiger partial charge in [-0.1, -0.05) is 27.2 Å². The zero-order valence-corrected chi connectivity index (χ0v) is 14.1. The fraction of sp³-hybridized carbons (Fsp3) is 1.00. The molecule has 0 unspecified atom stereocenters. The maximum atomic E-state index is 10.3. The van der Waals surface area contributed by atoms with Crippen LogP contribution in [0.4, 0.5) is 0 Å². The van der Waals surface area contributed by atoms with Gasteiger partial charge in [0, 0.05) is 6.54 Å². The zero-order valence-electron chi connectivity index (χ0n) is 14.1. The predicted octanol–water partition coefficient (Wildman–Crippen LogP) is 3.06. The number of aliphatic hydroxyl groups excluding tert-OH is 1. The minimum atomic E-state index is -0.332. The van der Waals surface area contributed by atoms with Crippen molar-refractivity contribution in [2.24, 2.45) is 16.7 Å². The van der Waals surface area contributed by atoms with Gasteiger partial charge in [0.15, 0.2) is 0 Å². The van der Waals surface area contributed by atoms with Gasteiger partial charge in [-0.05, 0) is 61.9 Å². The Bertz CT molecular complexity index is 359. The van der Waals surface area contributed by atoms with Crippen LogP contribution in [0.25, 0.3) is 0 Å². The molecule has 3 aliphatic rings. The molecule has 0 radical (unpaired) electrons. The summed E-state index contributed by atoms with van der Waals surface area (Å²) in [6.45, 7) is 10.7. The van der Waals surface area contributed by atoms with Gasteiger partial charge in [0.05, 0.1) is 18.8 Å². The predicted molar refractivity (Wildman–Crippen MR) is 85.3 cm³/mol. The number of hydrogen-bond acceptors (Lipinski definition) is 3. The molecule has 0 spiro atoms. The van der Waals surface area contributed by atoms with E-state index in [1.807, 2.05) is 0 Å². The van der Waals surface area contributed by atoms with Crippen LogP contribution in [0.3, 0.4) is 0 Å². The largest absolute Gasteiger partial charge is 0.389 e. The van der Waals surface area contributed by atoms with Crippen LogP contribution in [-0.4, -0.2) is 48.5 Å². The van der Waals surface area contributed by atoms with E-state index in [4.69, 9.17) is 4.74 Å². The summed E-state index contributed by atoms with van der Waals surface area (Å²) >= 11 is 0. The number of aliphatic hydroxyl groups is 1. The topological polar surface area (TPSA) is 32.7 Å². The highest BCUT2D eigenvalue weighted by atomic mass is 16.5. The number of β-amino-alcohol motifs (C(OH)–C–C–N with tert-alkyl or cyclic N) is 1. The van der Waals surface area contributed by atoms with Gasteiger partial charge in [-0.15, -0.1) is 0 Å². The maximum absolute atomic E-state index is 10.3. The van der Waals surface area contributed by atoms with Gasteiger partial charge in [0.2, 0.25) is 0 Å². The first-order valence-corrected chi connectivity index (χ1v) is 8.94. The highest BCUT2D eigenvalue weighted by molar-refractivity contribution is 5.09. The molecule has 21 heavy (non-hydrogen) atoms. The lowest BCUT2D eigenvalue weighted by atomic mass is 9.70. The van der Waals surface area contributed by atoms with E-state index < -0.39 is 0 Å². The molecule has 1 heterocycles. The highest BCUT2D eigenvalue weighted by Gasteiger charge is 2.60. The van der Waals surface area contributed by atoms with E-state index >= 15 is 0 Å². The van der Waals surface area contributed by atoms with Crippen LogP contribution in [0.1, 0.15) is 59.3 Å². The van der Waals surface area contributed by atoms with Gasteiger partial charge in [-0.25, -0.2) is 0 Å². The molecule has 3 fully saturated rings. The van der Waals surface area contributed by atoms with Crippen molar-refractivity contribution in [3.8, 4) is 0 Å². The molecule has 0 amide bonds. The molecule has 3 nitrogen and oxygen atoms in total. The lowest BCUT2D eigenvalue weighted by molar-refractivity contribution is -0.113. The quantitative estimate of drug-likeness (QED) is 0.846. The van der Waals surface area contributed by atoms with Crippen LogP contribution in [-0.2, 0) is 4.74 Å². The van der Waals surface area contributed by atoms with Crippen molar-refractivity contribution in [3.63, 3.8) is 0 Å². The van der Waals surface area contributed by atoms with Gasteiger partial charge >= 0.3 is 0 Å². The Labute approximate surface area is 130 Å². The summed E-state index contributed by atoms with van der Waals surface area (Å²) in [6, 6.07) is 0. The number of rotatable bonds is 5. The van der Waals surface area contributed by atoms with Crippen molar-refractivity contribution < 1.29 is 9.84 Å². The molecule has 0 aromatic heterocycles. The van der Waals surface area contributed by atoms with Gasteiger partial charge in [0.25, 0.3) is 0 Å². The smallest absolute Gasteiger partial charge is 0.0900 e. The van der Waals surface area contributed by atoms with E-state index in [1.165, 1.54) is 38.5 Å². The number of nitrogens with zero attached hydrogens (tertiary/aromatic N) is 1. The third-order valence-electron chi connectivity index (χ3n) is 6.51. The van der Waals surface area contributed by atoms with Gasteiger partial charge in [-0.2, -0.15) is 0 Å². The van der Waals surface area contributed by atoms with Crippen LogP contribution in [0.2, 0.25) is 0 Å². The molecule has 4 atom stereocenters. The van der Waals surface area contributed by atoms with Gasteiger partial charge in [-0.3, -0.25) is 0 Å². The normalized spacial score (nSPS) is 40.6. The van der Waals surface area contributed by atoms with Crippen molar-refractivity contribution in [2.75, 3.05) is 26.2 Å². The Balaban J connectivity index is 1.50. The van der Waals surface area contributed by atoms with Crippen LogP contribution >= 0.6 is 0 Å². The summed E-state index contributed by atoms with van der Waals surface area (Å²) in [5.41, 5.74) is 0.622. The fourth-order valence-electron chi connectivity index (χ4n) is 5.37. The molecular weight excluding hydrogens is 262 g/mol. The summed E-state index contributed by atoms with van der Waals surface area (Å²) in [7, 11) is 0. The van der Waals surface area contributed by atoms with E-state index in [2.05, 4.69) is 25.7 Å². The van der Waals surface area contributed by atoms with Crippen molar-refractivity contribution in [3.05, 3.63) is 0 Å². The molecule has 2 aliphatic carbocycles. The number of likely N-dealkylation sites (tertiary alicyclic amines) is 1. The molecule has 122 valence electrons. The van der Waals surface area contributed by atoms with Crippen molar-refractivity contribution in [1.82, 2.24) is 4.90 Å². The molecule has 2 saturated carbocycles. The second-order valence-corrected chi connectivity index (χ2v) is 8.64. The minimum Gasteiger partial charge on any atom is -0.389 e. The first kappa shape index (κ1) is 15.8. The molecule has 3 heteroatoms. The Morgan fingerprint density at radius 2 is 1.90 bits per heavy atom. The molecule has 1 saturated heterocycles. The highest BCUT2D eigenvalue weighted by Crippen LogP contribution is 2.63. The second kappa shape index (κ2) is 5.82. The van der Waals surface area contributed by atoms with Crippen LogP contribution in [0, 0.1) is 16.7 Å². The Hall–Kier alpha value is -0.120. The van der Waals surface area contributed by atoms with E-state index in [0.717, 1.165) is 25.6 Å². The Morgan fingerprint density at radius 1 is 1.19 bits per heavy atom. The molecule has 0 aromatic carbocycles. The minimum absolute atomic E-state index is 0.276. The Kier molecular flexibility index (Phi) is 4.37. The maximum Gasteiger partial charge on any atom is 0.0900 e. The molecular formula is C18H33NO2. The van der Waals surface area contributed by atoms with Crippen LogP contribution < -0.4 is 0 Å². The molecule has 1 N–H and O–H groups in total. The number of hydrogen-bond donors (Lipinski definition) is 1. The third-order valence-corrected chi connectivity index (χ3v) is 6.51. The molecule has 0 aromatic rings. The van der Waals surface area contributed by atoms with Crippen LogP contribution in [0.5, 0.6) is 0 Å². The lowest BCUT2D eigenvalue weighted by Crippen LogP contribution is -2.45. The van der Waals surface area contributed by atoms with E-state index in [-0.39, 0.29) is 11.5 Å². The average molecular weight is 295 g/mol. The first-order valence-electron chi connectivity index (χ1n) is 8.94. The third kappa shape index (κ3) is 3.02. The molecule has 1 aliphatic heterocycles. The number of piperidine rings is 1. The van der Waals surface area contributed by atoms with Crippen LogP contribution in [0.15, 0.2) is 0 Å². The van der Waals surface area contributed by atoms with E-state index in [0.29, 0.717) is 18.1 Å². The summed E-state index contributed by atoms with van der Waals surface area (Å²) in [4.78, 5) is 2.39. The van der Waals surface area contributed by atoms with E-state index in [9.17, 15) is 5.11 Å². The Morgan fingerprint density at radius 3 is 2.52 bits per heavy atom. The molecule has 2 bridgehead atoms. The monoisotopic (exact) mass is 295 g/mol. The van der Waals surface area contributed by atoms with Crippen molar-refractivity contribution >= 4 is 0 Å². The van der Waals surface area contributed by atoms with Crippen molar-refractivity contribution in [2.45, 2.75) is 71.5 Å². The van der Waals surface area contributed by atoms with Crippen molar-refractivity contribution in [1.29, 1.82) is 0 Å². The summed E-state index contributed by atoms with van der Waals surface area (Å²) in [5.74, 6) is 0.812. The summed E-state index contributed by atoms with van der Waals surface area (Å²) in [5, 5.41) is 10.3. The summed E-state index contributed by atoms with van der Waals surface area (Å²) in [6.07, 6.45) is 7.87. The van der Waals surface area contributed by atoms with Gasteiger partial charge in [0.1, 0.15) is 0 Å². The standard InChI is InChI=1S/C18H33NO2/c1-17(2)14-7-8-18(3,11-14)16(17)21-13-15(20)12-19-9-5-4-6-10-19/h14-16,20H,4-13H2,1-3H3/t14-,15-,16-,18+/m0/s1. The summed E-state index contributed by atoms with van der Waals surface area (Å²) < 4.78 is 6.28. The number of fused-ring (bicyclic) bond motifs is 2. The SMILES string of the molecule is CC1(C)[C@H]2CC[C@](C)(C2)[C@H]1OC[C@@H](O)CN1CCCCC1. The number of ether oxygens (including phenoxy) is 1. The molecule has 3 rings (SSSR count). The fourth-order valence-corrected chi connectivity index (χ4v) is 5.37. The van der Waals surface area contributed by atoms with E-state index in [1.54, 1.807) is 0 Å². The average Bonchev–Trinajstić information content (AvgIpc) is 2.90. The lowest BCUT2D eigenvalue weighted by Gasteiger charge is -2.42. The first-order chi connectivity index (χ1) is 9.92. The zero-order chi connectivity index (χ0) is 15.1. The second-order valence-electron chi connectivity index (χ2n) is 8.64.